The number of ether oxygens (including phenoxy) is 6. The van der Waals surface area contributed by atoms with Gasteiger partial charge in [-0.3, -0.25) is 9.59 Å². The van der Waals surface area contributed by atoms with E-state index >= 15 is 0 Å². The van der Waals surface area contributed by atoms with Gasteiger partial charge in [-0.1, -0.05) is 200 Å². The molecule has 2 heterocycles. The smallest absolute Gasteiger partial charge is 0.306 e. The molecule has 11 atom stereocenters. The Hall–Kier alpha value is -1.50. The molecule has 0 amide bonds. The van der Waals surface area contributed by atoms with Crippen LogP contribution in [0.15, 0.2) is 0 Å². The van der Waals surface area contributed by atoms with E-state index < -0.39 is 92.7 Å². The highest BCUT2D eigenvalue weighted by atomic mass is 16.7. The lowest BCUT2D eigenvalue weighted by Crippen LogP contribution is -2.61. The third-order valence-electron chi connectivity index (χ3n) is 13.3. The molecule has 0 aromatic heterocycles. The molecular formula is C52H98O15. The lowest BCUT2D eigenvalue weighted by molar-refractivity contribution is -0.332. The predicted molar refractivity (Wildman–Crippen MR) is 257 cm³/mol. The van der Waals surface area contributed by atoms with Crippen LogP contribution >= 0.6 is 0 Å². The second kappa shape index (κ2) is 40.1. The maximum absolute atomic E-state index is 12.9. The van der Waals surface area contributed by atoms with Gasteiger partial charge in [-0.05, 0) is 12.8 Å². The van der Waals surface area contributed by atoms with E-state index in [9.17, 15) is 45.3 Å². The van der Waals surface area contributed by atoms with Crippen LogP contribution in [0, 0.1) is 0 Å². The molecule has 0 aliphatic carbocycles. The highest BCUT2D eigenvalue weighted by Gasteiger charge is 2.47. The Bertz CT molecular complexity index is 1180. The minimum Gasteiger partial charge on any atom is -0.462 e. The van der Waals surface area contributed by atoms with Gasteiger partial charge in [0.1, 0.15) is 55.4 Å². The van der Waals surface area contributed by atoms with Crippen molar-refractivity contribution in [2.24, 2.45) is 0 Å². The average Bonchev–Trinajstić information content (AvgIpc) is 3.32. The van der Waals surface area contributed by atoms with Crippen molar-refractivity contribution in [2.45, 2.75) is 293 Å². The van der Waals surface area contributed by atoms with Crippen molar-refractivity contribution in [3.63, 3.8) is 0 Å². The fraction of sp³-hybridized carbons (Fsp3) is 0.962. The van der Waals surface area contributed by atoms with Crippen LogP contribution in [0.2, 0.25) is 0 Å². The van der Waals surface area contributed by atoms with Crippen molar-refractivity contribution >= 4 is 11.9 Å². The van der Waals surface area contributed by atoms with E-state index in [1.807, 2.05) is 0 Å². The topological polar surface area (TPSA) is 231 Å². The number of hydrogen-bond acceptors (Lipinski definition) is 15. The van der Waals surface area contributed by atoms with Crippen molar-refractivity contribution in [2.75, 3.05) is 26.4 Å². The maximum Gasteiger partial charge on any atom is 0.306 e. The summed E-state index contributed by atoms with van der Waals surface area (Å²) in [6.07, 6.45) is 21.5. The zero-order valence-corrected chi connectivity index (χ0v) is 41.9. The van der Waals surface area contributed by atoms with Crippen molar-refractivity contribution in [1.82, 2.24) is 0 Å². The quantitative estimate of drug-likeness (QED) is 0.0227. The van der Waals surface area contributed by atoms with Gasteiger partial charge in [0, 0.05) is 12.8 Å². The second-order valence-electron chi connectivity index (χ2n) is 19.4. The number of aliphatic hydroxyl groups is 7. The minimum atomic E-state index is -1.76. The molecule has 0 radical (unpaired) electrons. The van der Waals surface area contributed by atoms with Gasteiger partial charge < -0.3 is 64.2 Å². The first-order chi connectivity index (χ1) is 32.5. The number of rotatable bonds is 43. The van der Waals surface area contributed by atoms with Crippen LogP contribution < -0.4 is 0 Å². The van der Waals surface area contributed by atoms with Crippen LogP contribution in [0.25, 0.3) is 0 Å². The van der Waals surface area contributed by atoms with Crippen molar-refractivity contribution in [3.8, 4) is 0 Å². The van der Waals surface area contributed by atoms with Crippen LogP contribution in [0.5, 0.6) is 0 Å². The van der Waals surface area contributed by atoms with Crippen LogP contribution in [0.1, 0.15) is 226 Å². The lowest BCUT2D eigenvalue weighted by atomic mass is 9.98. The van der Waals surface area contributed by atoms with E-state index in [0.717, 1.165) is 38.5 Å². The second-order valence-corrected chi connectivity index (χ2v) is 19.4. The van der Waals surface area contributed by atoms with Crippen molar-refractivity contribution in [1.29, 1.82) is 0 Å². The fourth-order valence-electron chi connectivity index (χ4n) is 8.87. The summed E-state index contributed by atoms with van der Waals surface area (Å²) in [5, 5.41) is 72.0. The predicted octanol–water partition coefficient (Wildman–Crippen LogP) is 8.00. The minimum absolute atomic E-state index is 0.172. The van der Waals surface area contributed by atoms with E-state index in [0.29, 0.717) is 12.8 Å². The van der Waals surface area contributed by atoms with E-state index in [4.69, 9.17) is 28.4 Å². The number of esters is 2. The molecule has 0 aromatic rings. The zero-order chi connectivity index (χ0) is 48.9. The van der Waals surface area contributed by atoms with Gasteiger partial charge in [-0.15, -0.1) is 0 Å². The molecule has 2 aliphatic rings. The van der Waals surface area contributed by atoms with Crippen LogP contribution in [-0.4, -0.2) is 142 Å². The van der Waals surface area contributed by atoms with Crippen molar-refractivity contribution in [3.05, 3.63) is 0 Å². The Balaban J connectivity index is 1.72. The highest BCUT2D eigenvalue weighted by molar-refractivity contribution is 5.70. The SMILES string of the molecule is CCCCCCCCCCCCCCCCCCCCCCCC(=O)OC[C@H](CO[C@H]1O[C@@H](CO[C@H]2O[C@@H](CO)[C@@H](O)C(O)C2O)[C@@H](O)C(O)C1O)OC(=O)CCCCCCCCCCCC. The molecule has 0 aromatic carbocycles. The summed E-state index contributed by atoms with van der Waals surface area (Å²) in [5.74, 6) is -0.911. The summed E-state index contributed by atoms with van der Waals surface area (Å²) in [5.41, 5.74) is 0. The van der Waals surface area contributed by atoms with Gasteiger partial charge in [0.2, 0.25) is 0 Å². The summed E-state index contributed by atoms with van der Waals surface area (Å²) in [7, 11) is 0. The Morgan fingerprint density at radius 3 is 1.16 bits per heavy atom. The third kappa shape index (κ3) is 28.2. The first kappa shape index (κ1) is 61.6. The number of aliphatic hydroxyl groups excluding tert-OH is 7. The normalized spacial score (nSPS) is 25.9. The molecule has 67 heavy (non-hydrogen) atoms. The van der Waals surface area contributed by atoms with Gasteiger partial charge in [-0.25, -0.2) is 0 Å². The average molecular weight is 963 g/mol. The highest BCUT2D eigenvalue weighted by Crippen LogP contribution is 2.27. The number of carbonyl (C=O) groups excluding carboxylic acids is 2. The van der Waals surface area contributed by atoms with E-state index in [-0.39, 0.29) is 26.1 Å². The van der Waals surface area contributed by atoms with Crippen LogP contribution in [0.3, 0.4) is 0 Å². The Morgan fingerprint density at radius 1 is 0.418 bits per heavy atom. The number of unbranched alkanes of at least 4 members (excludes halogenated alkanes) is 29. The Kier molecular flexibility index (Phi) is 36.9. The Morgan fingerprint density at radius 2 is 0.761 bits per heavy atom. The standard InChI is InChI=1S/C52H98O15/c1-3-5-7-9-11-13-15-16-17-18-19-20-21-22-23-24-25-27-28-30-32-34-43(54)62-37-40(65-44(55)35-33-31-29-26-14-12-10-8-6-4-2)38-63-51-50(61)48(59)46(57)42(67-51)39-64-52-49(60)47(58)45(56)41(36-53)66-52/h40-42,45-53,56-61H,3-39H2,1-2H3/t40-,41+,42+,45-,46-,47?,48?,49?,50?,51+,52+/m1/s1. The number of hydrogen-bond donors (Lipinski definition) is 7. The molecule has 2 fully saturated rings. The molecule has 7 N–H and O–H groups in total. The maximum atomic E-state index is 12.9. The molecule has 15 nitrogen and oxygen atoms in total. The molecule has 4 unspecified atom stereocenters. The molecule has 0 saturated carbocycles. The van der Waals surface area contributed by atoms with Crippen LogP contribution in [0.4, 0.5) is 0 Å². The molecule has 2 saturated heterocycles. The third-order valence-corrected chi connectivity index (χ3v) is 13.3. The summed E-state index contributed by atoms with van der Waals surface area (Å²) in [4.78, 5) is 25.7. The van der Waals surface area contributed by atoms with Crippen molar-refractivity contribution < 1.29 is 73.8 Å². The molecular weight excluding hydrogens is 865 g/mol. The molecule has 2 aliphatic heterocycles. The van der Waals surface area contributed by atoms with E-state index in [1.165, 1.54) is 148 Å². The van der Waals surface area contributed by atoms with E-state index in [2.05, 4.69) is 13.8 Å². The molecule has 15 heteroatoms. The molecule has 2 rings (SSSR count). The van der Waals surface area contributed by atoms with E-state index in [1.54, 1.807) is 0 Å². The molecule has 0 spiro atoms. The monoisotopic (exact) mass is 963 g/mol. The van der Waals surface area contributed by atoms with Gasteiger partial charge in [0.15, 0.2) is 18.7 Å². The van der Waals surface area contributed by atoms with Gasteiger partial charge in [-0.2, -0.15) is 0 Å². The fourth-order valence-corrected chi connectivity index (χ4v) is 8.87. The summed E-state index contributed by atoms with van der Waals surface area (Å²) in [6.45, 7) is 2.61. The summed E-state index contributed by atoms with van der Waals surface area (Å²) >= 11 is 0. The van der Waals surface area contributed by atoms with Gasteiger partial charge in [0.25, 0.3) is 0 Å². The van der Waals surface area contributed by atoms with Crippen LogP contribution in [-0.2, 0) is 38.0 Å². The molecule has 0 bridgehead atoms. The zero-order valence-electron chi connectivity index (χ0n) is 41.9. The summed E-state index contributed by atoms with van der Waals surface area (Å²) in [6, 6.07) is 0. The van der Waals surface area contributed by atoms with Gasteiger partial charge in [0.05, 0.1) is 19.8 Å². The summed E-state index contributed by atoms with van der Waals surface area (Å²) < 4.78 is 33.6. The first-order valence-corrected chi connectivity index (χ1v) is 27.1. The Labute approximate surface area is 404 Å². The largest absolute Gasteiger partial charge is 0.462 e. The molecule has 396 valence electrons. The first-order valence-electron chi connectivity index (χ1n) is 27.1. The van der Waals surface area contributed by atoms with Gasteiger partial charge >= 0.3 is 11.9 Å². The lowest BCUT2D eigenvalue weighted by Gasteiger charge is -2.42. The number of carbonyl (C=O) groups is 2.